The first-order chi connectivity index (χ1) is 9.74. The van der Waals surface area contributed by atoms with Crippen molar-refractivity contribution in [1.29, 1.82) is 0 Å². The number of ether oxygens (including phenoxy) is 2. The third-order valence-corrected chi connectivity index (χ3v) is 3.30. The minimum atomic E-state index is 0.153. The quantitative estimate of drug-likeness (QED) is 0.874. The van der Waals surface area contributed by atoms with Crippen LogP contribution in [0.4, 0.5) is 0 Å². The maximum Gasteiger partial charge on any atom is 0.161 e. The molecule has 0 radical (unpaired) electrons. The van der Waals surface area contributed by atoms with E-state index in [0.717, 1.165) is 11.5 Å². The second-order valence-electron chi connectivity index (χ2n) is 4.71. The van der Waals surface area contributed by atoms with Crippen LogP contribution in [0.25, 0.3) is 0 Å². The second kappa shape index (κ2) is 6.96. The number of methoxy groups -OCH3 is 1. The van der Waals surface area contributed by atoms with Crippen molar-refractivity contribution in [2.45, 2.75) is 13.0 Å². The van der Waals surface area contributed by atoms with Gasteiger partial charge >= 0.3 is 0 Å². The van der Waals surface area contributed by atoms with Crippen molar-refractivity contribution in [2.75, 3.05) is 20.8 Å². The molecule has 1 unspecified atom stereocenters. The third-order valence-electron chi connectivity index (χ3n) is 3.30. The maximum atomic E-state index is 5.88. The lowest BCUT2D eigenvalue weighted by Crippen LogP contribution is -2.23. The van der Waals surface area contributed by atoms with Crippen LogP contribution in [0.1, 0.15) is 17.2 Å². The molecule has 1 atom stereocenters. The SMILES string of the molecule is CNC(COc1ccccc1OC)c1ccc(C)cc1. The zero-order chi connectivity index (χ0) is 14.4. The summed E-state index contributed by atoms with van der Waals surface area (Å²) in [6.07, 6.45) is 0. The summed E-state index contributed by atoms with van der Waals surface area (Å²) < 4.78 is 11.2. The summed E-state index contributed by atoms with van der Waals surface area (Å²) in [6.45, 7) is 2.64. The molecule has 0 aliphatic rings. The minimum absolute atomic E-state index is 0.153. The van der Waals surface area contributed by atoms with Crippen LogP contribution < -0.4 is 14.8 Å². The molecule has 20 heavy (non-hydrogen) atoms. The Balaban J connectivity index is 2.05. The van der Waals surface area contributed by atoms with E-state index in [0.29, 0.717) is 6.61 Å². The van der Waals surface area contributed by atoms with Gasteiger partial charge in [-0.3, -0.25) is 0 Å². The van der Waals surface area contributed by atoms with Gasteiger partial charge in [-0.25, -0.2) is 0 Å². The highest BCUT2D eigenvalue weighted by Crippen LogP contribution is 2.27. The molecule has 0 saturated heterocycles. The second-order valence-corrected chi connectivity index (χ2v) is 4.71. The summed E-state index contributed by atoms with van der Waals surface area (Å²) in [4.78, 5) is 0. The molecule has 3 nitrogen and oxygen atoms in total. The Bertz CT molecular complexity index is 537. The summed E-state index contributed by atoms with van der Waals surface area (Å²) in [5.74, 6) is 1.52. The third kappa shape index (κ3) is 3.52. The molecular formula is C17H21NO2. The van der Waals surface area contributed by atoms with Crippen LogP contribution in [-0.4, -0.2) is 20.8 Å². The van der Waals surface area contributed by atoms with Gasteiger partial charge in [0.05, 0.1) is 13.2 Å². The van der Waals surface area contributed by atoms with Gasteiger partial charge in [0.15, 0.2) is 11.5 Å². The topological polar surface area (TPSA) is 30.5 Å². The highest BCUT2D eigenvalue weighted by Gasteiger charge is 2.11. The number of aryl methyl sites for hydroxylation is 1. The predicted octanol–water partition coefficient (Wildman–Crippen LogP) is 3.34. The number of rotatable bonds is 6. The van der Waals surface area contributed by atoms with E-state index in [-0.39, 0.29) is 6.04 Å². The highest BCUT2D eigenvalue weighted by atomic mass is 16.5. The van der Waals surface area contributed by atoms with Crippen LogP contribution >= 0.6 is 0 Å². The van der Waals surface area contributed by atoms with E-state index < -0.39 is 0 Å². The first kappa shape index (κ1) is 14.4. The molecule has 0 heterocycles. The average molecular weight is 271 g/mol. The van der Waals surface area contributed by atoms with E-state index in [1.807, 2.05) is 31.3 Å². The molecular weight excluding hydrogens is 250 g/mol. The van der Waals surface area contributed by atoms with Crippen molar-refractivity contribution in [2.24, 2.45) is 0 Å². The predicted molar refractivity (Wildman–Crippen MR) is 81.5 cm³/mol. The fourth-order valence-corrected chi connectivity index (χ4v) is 2.06. The van der Waals surface area contributed by atoms with Gasteiger partial charge in [-0.05, 0) is 31.7 Å². The summed E-state index contributed by atoms with van der Waals surface area (Å²) in [6, 6.07) is 16.3. The lowest BCUT2D eigenvalue weighted by atomic mass is 10.1. The molecule has 2 aromatic rings. The maximum absolute atomic E-state index is 5.88. The van der Waals surface area contributed by atoms with Crippen molar-refractivity contribution in [3.63, 3.8) is 0 Å². The lowest BCUT2D eigenvalue weighted by Gasteiger charge is -2.18. The monoisotopic (exact) mass is 271 g/mol. The highest BCUT2D eigenvalue weighted by molar-refractivity contribution is 5.39. The van der Waals surface area contributed by atoms with Crippen molar-refractivity contribution < 1.29 is 9.47 Å². The van der Waals surface area contributed by atoms with Crippen LogP contribution in [0.15, 0.2) is 48.5 Å². The normalized spacial score (nSPS) is 11.9. The van der Waals surface area contributed by atoms with Gasteiger partial charge < -0.3 is 14.8 Å². The Morgan fingerprint density at radius 3 is 2.25 bits per heavy atom. The van der Waals surface area contributed by atoms with E-state index in [4.69, 9.17) is 9.47 Å². The number of hydrogen-bond donors (Lipinski definition) is 1. The molecule has 0 fully saturated rings. The van der Waals surface area contributed by atoms with Crippen molar-refractivity contribution in [1.82, 2.24) is 5.32 Å². The van der Waals surface area contributed by atoms with E-state index in [2.05, 4.69) is 36.5 Å². The van der Waals surface area contributed by atoms with Gasteiger partial charge in [0, 0.05) is 0 Å². The van der Waals surface area contributed by atoms with E-state index in [1.165, 1.54) is 11.1 Å². The van der Waals surface area contributed by atoms with Gasteiger partial charge in [-0.15, -0.1) is 0 Å². The van der Waals surface area contributed by atoms with E-state index in [1.54, 1.807) is 7.11 Å². The zero-order valence-corrected chi connectivity index (χ0v) is 12.2. The van der Waals surface area contributed by atoms with Gasteiger partial charge in [-0.2, -0.15) is 0 Å². The summed E-state index contributed by atoms with van der Waals surface area (Å²) in [5, 5.41) is 3.28. The molecule has 1 N–H and O–H groups in total. The molecule has 2 aromatic carbocycles. The van der Waals surface area contributed by atoms with Gasteiger partial charge in [0.25, 0.3) is 0 Å². The van der Waals surface area contributed by atoms with E-state index >= 15 is 0 Å². The Hall–Kier alpha value is -2.00. The fourth-order valence-electron chi connectivity index (χ4n) is 2.06. The molecule has 0 saturated carbocycles. The molecule has 2 rings (SSSR count). The van der Waals surface area contributed by atoms with Crippen LogP contribution in [0.3, 0.4) is 0 Å². The van der Waals surface area contributed by atoms with Crippen molar-refractivity contribution >= 4 is 0 Å². The Morgan fingerprint density at radius 1 is 1.00 bits per heavy atom. The summed E-state index contributed by atoms with van der Waals surface area (Å²) >= 11 is 0. The number of para-hydroxylation sites is 2. The Morgan fingerprint density at radius 2 is 1.65 bits per heavy atom. The number of hydrogen-bond acceptors (Lipinski definition) is 3. The van der Waals surface area contributed by atoms with Gasteiger partial charge in [0.1, 0.15) is 6.61 Å². The van der Waals surface area contributed by atoms with E-state index in [9.17, 15) is 0 Å². The van der Waals surface area contributed by atoms with Crippen LogP contribution in [0, 0.1) is 6.92 Å². The fraction of sp³-hybridized carbons (Fsp3) is 0.294. The average Bonchev–Trinajstić information content (AvgIpc) is 2.50. The number of benzene rings is 2. The van der Waals surface area contributed by atoms with Crippen LogP contribution in [-0.2, 0) is 0 Å². The summed E-state index contributed by atoms with van der Waals surface area (Å²) in [7, 11) is 3.59. The minimum Gasteiger partial charge on any atom is -0.493 e. The molecule has 0 aromatic heterocycles. The largest absolute Gasteiger partial charge is 0.493 e. The molecule has 0 amide bonds. The molecule has 0 aliphatic carbocycles. The Labute approximate surface area is 120 Å². The zero-order valence-electron chi connectivity index (χ0n) is 12.2. The van der Waals surface area contributed by atoms with Crippen LogP contribution in [0.2, 0.25) is 0 Å². The standard InChI is InChI=1S/C17H21NO2/c1-13-8-10-14(11-9-13)15(18-2)12-20-17-7-5-4-6-16(17)19-3/h4-11,15,18H,12H2,1-3H3. The number of nitrogens with one attached hydrogen (secondary N) is 1. The van der Waals surface area contributed by atoms with Crippen molar-refractivity contribution in [3.05, 3.63) is 59.7 Å². The molecule has 106 valence electrons. The Kier molecular flexibility index (Phi) is 5.02. The molecule has 3 heteroatoms. The smallest absolute Gasteiger partial charge is 0.161 e. The van der Waals surface area contributed by atoms with Crippen LogP contribution in [0.5, 0.6) is 11.5 Å². The summed E-state index contributed by atoms with van der Waals surface area (Å²) in [5.41, 5.74) is 2.47. The number of likely N-dealkylation sites (N-methyl/N-ethyl adjacent to an activating group) is 1. The molecule has 0 bridgehead atoms. The van der Waals surface area contributed by atoms with Gasteiger partial charge in [0.2, 0.25) is 0 Å². The van der Waals surface area contributed by atoms with Gasteiger partial charge in [-0.1, -0.05) is 42.0 Å². The first-order valence-corrected chi connectivity index (χ1v) is 6.74. The molecule has 0 aliphatic heterocycles. The molecule has 0 spiro atoms. The first-order valence-electron chi connectivity index (χ1n) is 6.74. The lowest BCUT2D eigenvalue weighted by molar-refractivity contribution is 0.259. The van der Waals surface area contributed by atoms with Crippen molar-refractivity contribution in [3.8, 4) is 11.5 Å².